The normalized spacial score (nSPS) is 10.7. The number of carbonyl (C=O) groups excluding carboxylic acids is 2. The molecule has 174 valence electrons. The summed E-state index contributed by atoms with van der Waals surface area (Å²) >= 11 is 1.30. The summed E-state index contributed by atoms with van der Waals surface area (Å²) in [6, 6.07) is 24.4. The van der Waals surface area contributed by atoms with Crippen LogP contribution in [0.1, 0.15) is 38.8 Å². The predicted molar refractivity (Wildman–Crippen MR) is 136 cm³/mol. The molecule has 0 saturated carbocycles. The molecule has 0 unspecified atom stereocenters. The number of carbonyl (C=O) groups is 2. The summed E-state index contributed by atoms with van der Waals surface area (Å²) in [5.74, 6) is -0.408. The predicted octanol–water partition coefficient (Wildman–Crippen LogP) is 6.54. The van der Waals surface area contributed by atoms with E-state index in [4.69, 9.17) is 0 Å². The van der Waals surface area contributed by atoms with E-state index in [0.29, 0.717) is 32.9 Å². The van der Waals surface area contributed by atoms with Crippen LogP contribution in [0.15, 0.2) is 95.9 Å². The molecule has 0 bridgehead atoms. The minimum Gasteiger partial charge on any atom is -0.507 e. The van der Waals surface area contributed by atoms with Gasteiger partial charge in [-0.3, -0.25) is 19.7 Å². The molecule has 7 heteroatoms. The van der Waals surface area contributed by atoms with E-state index >= 15 is 0 Å². The third-order valence-electron chi connectivity index (χ3n) is 5.46. The molecule has 0 aliphatic rings. The van der Waals surface area contributed by atoms with Crippen molar-refractivity contribution in [1.82, 2.24) is 0 Å². The molecule has 0 amide bonds. The highest BCUT2D eigenvalue weighted by Gasteiger charge is 2.28. The molecule has 0 atom stereocenters. The van der Waals surface area contributed by atoms with E-state index in [9.17, 15) is 24.8 Å². The van der Waals surface area contributed by atoms with Gasteiger partial charge in [0.25, 0.3) is 5.69 Å². The van der Waals surface area contributed by atoms with Crippen LogP contribution in [0.2, 0.25) is 0 Å². The van der Waals surface area contributed by atoms with Gasteiger partial charge >= 0.3 is 0 Å². The first-order valence-electron chi connectivity index (χ1n) is 10.9. The smallest absolute Gasteiger partial charge is 0.269 e. The van der Waals surface area contributed by atoms with Crippen molar-refractivity contribution in [3.63, 3.8) is 0 Å². The molecule has 0 aliphatic carbocycles. The highest BCUT2D eigenvalue weighted by Crippen LogP contribution is 2.42. The Kier molecular flexibility index (Phi) is 7.08. The van der Waals surface area contributed by atoms with Gasteiger partial charge in [0.1, 0.15) is 5.75 Å². The highest BCUT2D eigenvalue weighted by atomic mass is 32.2. The molecule has 35 heavy (non-hydrogen) atoms. The van der Waals surface area contributed by atoms with Crippen LogP contribution >= 0.6 is 11.8 Å². The van der Waals surface area contributed by atoms with Crippen molar-refractivity contribution < 1.29 is 19.6 Å². The maximum atomic E-state index is 13.8. The minimum atomic E-state index is -0.503. The Bertz CT molecular complexity index is 1400. The number of nitro benzene ring substituents is 1. The van der Waals surface area contributed by atoms with Crippen LogP contribution in [0.25, 0.3) is 11.1 Å². The van der Waals surface area contributed by atoms with Gasteiger partial charge < -0.3 is 5.11 Å². The van der Waals surface area contributed by atoms with Gasteiger partial charge in [-0.05, 0) is 35.1 Å². The first-order chi connectivity index (χ1) is 16.9. The molecular weight excluding hydrogens is 462 g/mol. The molecule has 1 N–H and O–H groups in total. The van der Waals surface area contributed by atoms with Crippen LogP contribution in [-0.4, -0.2) is 27.3 Å². The molecule has 4 aromatic rings. The van der Waals surface area contributed by atoms with E-state index in [1.54, 1.807) is 60.7 Å². The number of thioether (sulfide) groups is 1. The van der Waals surface area contributed by atoms with Gasteiger partial charge in [-0.2, -0.15) is 0 Å². The molecule has 4 rings (SSSR count). The van der Waals surface area contributed by atoms with Crippen LogP contribution in [0.5, 0.6) is 5.75 Å². The third kappa shape index (κ3) is 4.85. The molecule has 0 aromatic heterocycles. The number of hydrogen-bond acceptors (Lipinski definition) is 6. The van der Waals surface area contributed by atoms with Crippen LogP contribution in [0, 0.1) is 10.1 Å². The molecule has 0 spiro atoms. The Hall–Kier alpha value is -4.23. The lowest BCUT2D eigenvalue weighted by Crippen LogP contribution is -2.12. The largest absolute Gasteiger partial charge is 0.507 e. The Labute approximate surface area is 206 Å². The van der Waals surface area contributed by atoms with E-state index < -0.39 is 10.7 Å². The fraction of sp³-hybridized carbons (Fsp3) is 0.0714. The lowest BCUT2D eigenvalue weighted by molar-refractivity contribution is -0.384. The Morgan fingerprint density at radius 3 is 1.83 bits per heavy atom. The monoisotopic (exact) mass is 483 g/mol. The van der Waals surface area contributed by atoms with Gasteiger partial charge in [0, 0.05) is 33.7 Å². The Morgan fingerprint density at radius 2 is 1.34 bits per heavy atom. The van der Waals surface area contributed by atoms with E-state index in [1.807, 2.05) is 6.92 Å². The zero-order valence-electron chi connectivity index (χ0n) is 18.8. The molecule has 0 aliphatic heterocycles. The zero-order valence-corrected chi connectivity index (χ0v) is 19.6. The van der Waals surface area contributed by atoms with Crippen molar-refractivity contribution in [3.05, 3.63) is 123 Å². The van der Waals surface area contributed by atoms with Gasteiger partial charge in [-0.1, -0.05) is 67.6 Å². The molecule has 4 aromatic carbocycles. The SMILES string of the molecule is CCSc1c(C(=O)c2ccccc2)c(O)cc(-c2ccc([N+](=O)[O-])cc2)c1C(=O)c1ccccc1. The second kappa shape index (κ2) is 10.4. The van der Waals surface area contributed by atoms with E-state index in [0.717, 1.165) is 0 Å². The maximum absolute atomic E-state index is 13.8. The van der Waals surface area contributed by atoms with Gasteiger partial charge in [-0.25, -0.2) is 0 Å². The van der Waals surface area contributed by atoms with Crippen molar-refractivity contribution in [2.75, 3.05) is 5.75 Å². The topological polar surface area (TPSA) is 97.5 Å². The van der Waals surface area contributed by atoms with Gasteiger partial charge in [0.2, 0.25) is 0 Å². The number of aromatic hydroxyl groups is 1. The lowest BCUT2D eigenvalue weighted by Gasteiger charge is -2.19. The van der Waals surface area contributed by atoms with Gasteiger partial charge in [0.05, 0.1) is 10.5 Å². The number of hydrogen-bond donors (Lipinski definition) is 1. The first kappa shape index (κ1) is 23.9. The number of benzene rings is 4. The van der Waals surface area contributed by atoms with Crippen molar-refractivity contribution >= 4 is 29.0 Å². The molecular formula is C28H21NO5S. The molecule has 0 heterocycles. The summed E-state index contributed by atoms with van der Waals surface area (Å²) in [5.41, 5.74) is 1.97. The van der Waals surface area contributed by atoms with Crippen LogP contribution in [0.4, 0.5) is 5.69 Å². The van der Waals surface area contributed by atoms with E-state index in [1.165, 1.54) is 42.1 Å². The molecule has 0 saturated heterocycles. The van der Waals surface area contributed by atoms with Crippen LogP contribution < -0.4 is 0 Å². The van der Waals surface area contributed by atoms with Crippen LogP contribution in [-0.2, 0) is 0 Å². The number of nitrogens with zero attached hydrogens (tertiary/aromatic N) is 1. The fourth-order valence-corrected chi connectivity index (χ4v) is 4.81. The van der Waals surface area contributed by atoms with Gasteiger partial charge in [0.15, 0.2) is 11.6 Å². The standard InChI is InChI=1S/C28H21NO5S/c1-2-35-28-24(26(31)19-9-5-3-6-10-19)22(18-13-15-21(16-14-18)29(33)34)17-23(30)25(28)27(32)20-11-7-4-8-12-20/h3-17,30H,2H2,1H3. The van der Waals surface area contributed by atoms with Crippen molar-refractivity contribution in [2.24, 2.45) is 0 Å². The Balaban J connectivity index is 2.02. The number of ketones is 2. The Morgan fingerprint density at radius 1 is 0.829 bits per heavy atom. The van der Waals surface area contributed by atoms with E-state index in [2.05, 4.69) is 0 Å². The third-order valence-corrected chi connectivity index (χ3v) is 6.45. The number of non-ortho nitro benzene ring substituents is 1. The lowest BCUT2D eigenvalue weighted by atomic mass is 9.89. The zero-order chi connectivity index (χ0) is 24.9. The highest BCUT2D eigenvalue weighted by molar-refractivity contribution is 7.99. The maximum Gasteiger partial charge on any atom is 0.269 e. The summed E-state index contributed by atoms with van der Waals surface area (Å²) in [7, 11) is 0. The van der Waals surface area contributed by atoms with Crippen LogP contribution in [0.3, 0.4) is 0 Å². The minimum absolute atomic E-state index is 0.0630. The molecule has 0 radical (unpaired) electrons. The van der Waals surface area contributed by atoms with Gasteiger partial charge in [-0.15, -0.1) is 11.8 Å². The second-order valence-corrected chi connectivity index (χ2v) is 8.92. The van der Waals surface area contributed by atoms with E-state index in [-0.39, 0.29) is 28.3 Å². The number of phenolic OH excluding ortho intramolecular Hbond substituents is 1. The summed E-state index contributed by atoms with van der Waals surface area (Å²) in [5, 5.41) is 22.2. The molecule has 0 fully saturated rings. The van der Waals surface area contributed by atoms with Crippen molar-refractivity contribution in [3.8, 4) is 16.9 Å². The summed E-state index contributed by atoms with van der Waals surface area (Å²) in [6.07, 6.45) is 0. The average molecular weight is 484 g/mol. The average Bonchev–Trinajstić information content (AvgIpc) is 2.89. The van der Waals surface area contributed by atoms with Crippen molar-refractivity contribution in [2.45, 2.75) is 11.8 Å². The fourth-order valence-electron chi connectivity index (χ4n) is 3.84. The second-order valence-electron chi connectivity index (χ2n) is 7.65. The summed E-state index contributed by atoms with van der Waals surface area (Å²) in [6.45, 7) is 1.90. The number of phenols is 1. The first-order valence-corrected chi connectivity index (χ1v) is 11.9. The molecule has 6 nitrogen and oxygen atoms in total. The summed E-state index contributed by atoms with van der Waals surface area (Å²) in [4.78, 5) is 38.3. The van der Waals surface area contributed by atoms with Crippen molar-refractivity contribution in [1.29, 1.82) is 0 Å². The number of nitro groups is 1. The quantitative estimate of drug-likeness (QED) is 0.132. The summed E-state index contributed by atoms with van der Waals surface area (Å²) < 4.78 is 0. The number of rotatable bonds is 8.